The van der Waals surface area contributed by atoms with Crippen molar-refractivity contribution in [2.45, 2.75) is 13.0 Å². The lowest BCUT2D eigenvalue weighted by Gasteiger charge is -2.12. The van der Waals surface area contributed by atoms with E-state index in [2.05, 4.69) is 4.74 Å². The minimum atomic E-state index is -5.07. The van der Waals surface area contributed by atoms with Gasteiger partial charge in [0.05, 0.1) is 0 Å². The van der Waals surface area contributed by atoms with Crippen LogP contribution in [0.4, 0.5) is 17.6 Å². The number of carbonyl (C=O) groups excluding carboxylic acids is 1. The minimum absolute atomic E-state index is 0.0539. The smallest absolute Gasteiger partial charge is 0.403 e. The Morgan fingerprint density at radius 1 is 1.44 bits per heavy atom. The Morgan fingerprint density at radius 2 is 2.06 bits per heavy atom. The topological polar surface area (TPSA) is 59.2 Å². The number of nitrogens with one attached hydrogen (secondary N) is 1. The molecular formula is C8H5F4NO3. The zero-order chi connectivity index (χ0) is 12.3. The molecule has 0 spiro atoms. The molecule has 0 aliphatic heterocycles. The number of aldehydes is 1. The summed E-state index contributed by atoms with van der Waals surface area (Å²) in [7, 11) is 0. The van der Waals surface area contributed by atoms with Crippen molar-refractivity contribution >= 4 is 6.29 Å². The third kappa shape index (κ3) is 2.81. The van der Waals surface area contributed by atoms with Crippen molar-refractivity contribution in [1.29, 1.82) is 0 Å². The van der Waals surface area contributed by atoms with Gasteiger partial charge >= 0.3 is 6.36 Å². The number of aromatic amines is 1. The molecule has 1 aromatic rings. The van der Waals surface area contributed by atoms with Crippen LogP contribution < -0.4 is 10.3 Å². The predicted molar refractivity (Wildman–Crippen MR) is 43.9 cm³/mol. The molecule has 0 aromatic carbocycles. The molecule has 16 heavy (non-hydrogen) atoms. The molecule has 8 heteroatoms. The maximum atomic E-state index is 12.3. The van der Waals surface area contributed by atoms with Crippen LogP contribution in [0.2, 0.25) is 0 Å². The molecule has 0 bridgehead atoms. The van der Waals surface area contributed by atoms with Crippen LogP contribution in [0.3, 0.4) is 0 Å². The van der Waals surface area contributed by atoms with Gasteiger partial charge in [-0.05, 0) is 0 Å². The molecule has 1 N–H and O–H groups in total. The molecule has 0 aliphatic carbocycles. The van der Waals surface area contributed by atoms with Crippen molar-refractivity contribution < 1.29 is 27.1 Å². The van der Waals surface area contributed by atoms with Crippen molar-refractivity contribution in [3.8, 4) is 5.75 Å². The van der Waals surface area contributed by atoms with Crippen LogP contribution in [0, 0.1) is 0 Å². The Labute approximate surface area is 85.8 Å². The highest BCUT2D eigenvalue weighted by Crippen LogP contribution is 2.27. The largest absolute Gasteiger partial charge is 0.573 e. The van der Waals surface area contributed by atoms with Gasteiger partial charge in [-0.2, -0.15) is 0 Å². The van der Waals surface area contributed by atoms with Crippen LogP contribution >= 0.6 is 0 Å². The molecule has 88 valence electrons. The van der Waals surface area contributed by atoms with Crippen molar-refractivity contribution in [1.82, 2.24) is 4.98 Å². The molecule has 0 saturated heterocycles. The van der Waals surface area contributed by atoms with Gasteiger partial charge in [-0.1, -0.05) is 0 Å². The highest BCUT2D eigenvalue weighted by atomic mass is 19.4. The van der Waals surface area contributed by atoms with E-state index in [1.54, 1.807) is 0 Å². The summed E-state index contributed by atoms with van der Waals surface area (Å²) in [5.74, 6) is -1.02. The number of hydrogen-bond donors (Lipinski definition) is 1. The van der Waals surface area contributed by atoms with Crippen molar-refractivity contribution in [3.05, 3.63) is 27.7 Å². The first kappa shape index (κ1) is 12.2. The van der Waals surface area contributed by atoms with E-state index in [0.717, 1.165) is 0 Å². The number of alkyl halides is 4. The fraction of sp³-hybridized carbons (Fsp3) is 0.250. The predicted octanol–water partition coefficient (Wildman–Crippen LogP) is 1.56. The molecule has 0 amide bonds. The normalized spacial score (nSPS) is 11.2. The van der Waals surface area contributed by atoms with Crippen molar-refractivity contribution in [2.75, 3.05) is 0 Å². The lowest BCUT2D eigenvalue weighted by Crippen LogP contribution is -2.21. The van der Waals surface area contributed by atoms with E-state index in [9.17, 15) is 27.2 Å². The second kappa shape index (κ2) is 4.33. The summed E-state index contributed by atoms with van der Waals surface area (Å²) in [5, 5.41) is 0. The van der Waals surface area contributed by atoms with Gasteiger partial charge in [0, 0.05) is 11.6 Å². The molecular weight excluding hydrogens is 234 g/mol. The summed E-state index contributed by atoms with van der Waals surface area (Å²) < 4.78 is 51.6. The number of hydrogen-bond acceptors (Lipinski definition) is 3. The Kier molecular flexibility index (Phi) is 3.31. The maximum Gasteiger partial charge on any atom is 0.573 e. The van der Waals surface area contributed by atoms with Gasteiger partial charge in [-0.3, -0.25) is 9.59 Å². The lowest BCUT2D eigenvalue weighted by atomic mass is 10.2. The van der Waals surface area contributed by atoms with Gasteiger partial charge in [-0.15, -0.1) is 13.2 Å². The highest BCUT2D eigenvalue weighted by Gasteiger charge is 2.33. The average Bonchev–Trinajstić information content (AvgIpc) is 2.18. The van der Waals surface area contributed by atoms with Crippen LogP contribution in [0.5, 0.6) is 5.75 Å². The van der Waals surface area contributed by atoms with Gasteiger partial charge in [-0.25, -0.2) is 4.39 Å². The Bertz CT molecular complexity index is 452. The van der Waals surface area contributed by atoms with Gasteiger partial charge < -0.3 is 9.72 Å². The first-order valence-corrected chi connectivity index (χ1v) is 3.90. The molecule has 0 unspecified atom stereocenters. The Balaban J connectivity index is 3.33. The highest BCUT2D eigenvalue weighted by molar-refractivity contribution is 5.77. The number of rotatable bonds is 3. The molecule has 1 aromatic heterocycles. The zero-order valence-electron chi connectivity index (χ0n) is 7.60. The summed E-state index contributed by atoms with van der Waals surface area (Å²) in [6.45, 7) is -1.35. The van der Waals surface area contributed by atoms with Crippen LogP contribution in [-0.4, -0.2) is 17.6 Å². The molecule has 0 atom stereocenters. The number of aromatic nitrogens is 1. The summed E-state index contributed by atoms with van der Waals surface area (Å²) in [6, 6.07) is 0.591. The zero-order valence-corrected chi connectivity index (χ0v) is 7.60. The Morgan fingerprint density at radius 3 is 2.50 bits per heavy atom. The third-order valence-corrected chi connectivity index (χ3v) is 1.58. The van der Waals surface area contributed by atoms with E-state index in [1.807, 2.05) is 4.98 Å². The monoisotopic (exact) mass is 239 g/mol. The van der Waals surface area contributed by atoms with Crippen LogP contribution in [0.25, 0.3) is 0 Å². The fourth-order valence-electron chi connectivity index (χ4n) is 1.04. The van der Waals surface area contributed by atoms with Gasteiger partial charge in [0.1, 0.15) is 12.4 Å². The first-order valence-electron chi connectivity index (χ1n) is 3.90. The number of carbonyl (C=O) groups is 1. The molecule has 0 radical (unpaired) electrons. The summed E-state index contributed by atoms with van der Waals surface area (Å²) >= 11 is 0. The number of H-pyrrole nitrogens is 1. The quantitative estimate of drug-likeness (QED) is 0.643. The lowest BCUT2D eigenvalue weighted by molar-refractivity contribution is -0.275. The van der Waals surface area contributed by atoms with E-state index < -0.39 is 35.6 Å². The number of pyridine rings is 1. The van der Waals surface area contributed by atoms with Crippen molar-refractivity contribution in [2.24, 2.45) is 0 Å². The maximum absolute atomic E-state index is 12.3. The molecule has 1 rings (SSSR count). The average molecular weight is 239 g/mol. The van der Waals surface area contributed by atoms with E-state index in [4.69, 9.17) is 0 Å². The third-order valence-electron chi connectivity index (χ3n) is 1.58. The van der Waals surface area contributed by atoms with Crippen LogP contribution in [0.1, 0.15) is 16.1 Å². The van der Waals surface area contributed by atoms with E-state index >= 15 is 0 Å². The summed E-state index contributed by atoms with van der Waals surface area (Å²) in [6.07, 6.45) is -5.12. The molecule has 4 nitrogen and oxygen atoms in total. The second-order valence-corrected chi connectivity index (χ2v) is 2.70. The Hall–Kier alpha value is -1.86. The molecule has 1 heterocycles. The van der Waals surface area contributed by atoms with Crippen molar-refractivity contribution in [3.63, 3.8) is 0 Å². The van der Waals surface area contributed by atoms with Crippen LogP contribution in [-0.2, 0) is 6.67 Å². The van der Waals surface area contributed by atoms with E-state index in [0.29, 0.717) is 6.07 Å². The van der Waals surface area contributed by atoms with E-state index in [1.165, 1.54) is 0 Å². The summed E-state index contributed by atoms with van der Waals surface area (Å²) in [5.41, 5.74) is -2.27. The minimum Gasteiger partial charge on any atom is -0.403 e. The molecule has 0 saturated carbocycles. The standard InChI is InChI=1S/C8H5F4NO3/c9-2-4-1-6(15)13-5(3-14)7(4)16-8(10,11)12/h1,3H,2H2,(H,13,15). The fourth-order valence-corrected chi connectivity index (χ4v) is 1.04. The molecule has 0 aliphatic rings. The van der Waals surface area contributed by atoms with E-state index in [-0.39, 0.29) is 6.29 Å². The van der Waals surface area contributed by atoms with Gasteiger partial charge in [0.15, 0.2) is 12.0 Å². The summed E-state index contributed by atoms with van der Waals surface area (Å²) in [4.78, 5) is 23.0. The SMILES string of the molecule is O=Cc1[nH]c(=O)cc(CF)c1OC(F)(F)F. The van der Waals surface area contributed by atoms with Gasteiger partial charge in [0.25, 0.3) is 0 Å². The van der Waals surface area contributed by atoms with Gasteiger partial charge in [0.2, 0.25) is 5.56 Å². The number of ether oxygens (including phenoxy) is 1. The second-order valence-electron chi connectivity index (χ2n) is 2.70. The van der Waals surface area contributed by atoms with Crippen LogP contribution in [0.15, 0.2) is 10.9 Å². The molecule has 0 fully saturated rings. The number of halogens is 4. The first-order chi connectivity index (χ1) is 7.37.